The number of ether oxygens (including phenoxy) is 1. The molecule has 0 aliphatic heterocycles. The van der Waals surface area contributed by atoms with Crippen molar-refractivity contribution in [1.82, 2.24) is 9.97 Å². The first-order valence-electron chi connectivity index (χ1n) is 5.15. The summed E-state index contributed by atoms with van der Waals surface area (Å²) in [7, 11) is -0.842. The topological polar surface area (TPSA) is 64.1 Å². The molecule has 5 nitrogen and oxygen atoms in total. The molecular weight excluding hydrogens is 226 g/mol. The van der Waals surface area contributed by atoms with E-state index in [1.54, 1.807) is 18.5 Å². The number of nitrogens with one attached hydrogen (secondary N) is 1. The molecule has 2 unspecified atom stereocenters. The quantitative estimate of drug-likeness (QED) is 0.809. The van der Waals surface area contributed by atoms with Crippen LogP contribution in [0, 0.1) is 0 Å². The minimum Gasteiger partial charge on any atom is -0.478 e. The zero-order chi connectivity index (χ0) is 12.0. The van der Waals surface area contributed by atoms with Gasteiger partial charge in [0.25, 0.3) is 0 Å². The Balaban J connectivity index is 2.53. The lowest BCUT2D eigenvalue weighted by molar-refractivity contribution is 0.326. The molecule has 90 valence electrons. The van der Waals surface area contributed by atoms with E-state index in [1.807, 2.05) is 13.8 Å². The fraction of sp³-hybridized carbons (Fsp3) is 0.600. The molecule has 1 heterocycles. The highest BCUT2D eigenvalue weighted by Crippen LogP contribution is 2.08. The van der Waals surface area contributed by atoms with Gasteiger partial charge in [-0.2, -0.15) is 4.98 Å². The Labute approximate surface area is 98.1 Å². The van der Waals surface area contributed by atoms with Gasteiger partial charge in [-0.15, -0.1) is 0 Å². The van der Waals surface area contributed by atoms with E-state index in [2.05, 4.69) is 15.3 Å². The molecule has 6 heteroatoms. The van der Waals surface area contributed by atoms with Crippen LogP contribution in [0.5, 0.6) is 5.88 Å². The van der Waals surface area contributed by atoms with Crippen LogP contribution in [0.1, 0.15) is 13.8 Å². The molecule has 0 bridgehead atoms. The average Bonchev–Trinajstić information content (AvgIpc) is 2.26. The highest BCUT2D eigenvalue weighted by Gasteiger charge is 2.06. The minimum atomic E-state index is -0.842. The van der Waals surface area contributed by atoms with Crippen molar-refractivity contribution in [3.05, 3.63) is 12.3 Å². The molecule has 1 rings (SSSR count). The third-order valence-electron chi connectivity index (χ3n) is 2.04. The Morgan fingerprint density at radius 1 is 1.62 bits per heavy atom. The van der Waals surface area contributed by atoms with E-state index in [4.69, 9.17) is 4.74 Å². The second-order valence-electron chi connectivity index (χ2n) is 3.34. The molecule has 16 heavy (non-hydrogen) atoms. The van der Waals surface area contributed by atoms with Crippen LogP contribution < -0.4 is 10.1 Å². The smallest absolute Gasteiger partial charge is 0.225 e. The van der Waals surface area contributed by atoms with E-state index in [0.717, 1.165) is 0 Å². The average molecular weight is 243 g/mol. The molecule has 0 fully saturated rings. The Morgan fingerprint density at radius 3 is 3.00 bits per heavy atom. The van der Waals surface area contributed by atoms with Crippen molar-refractivity contribution in [3.63, 3.8) is 0 Å². The van der Waals surface area contributed by atoms with Gasteiger partial charge in [-0.05, 0) is 13.8 Å². The van der Waals surface area contributed by atoms with Gasteiger partial charge in [-0.25, -0.2) is 4.98 Å². The molecule has 0 amide bonds. The number of hydrogen-bond donors (Lipinski definition) is 1. The van der Waals surface area contributed by atoms with Gasteiger partial charge in [0.1, 0.15) is 0 Å². The van der Waals surface area contributed by atoms with E-state index in [9.17, 15) is 4.21 Å². The van der Waals surface area contributed by atoms with Gasteiger partial charge in [0.2, 0.25) is 11.8 Å². The molecule has 0 aromatic carbocycles. The Hall–Kier alpha value is -1.17. The van der Waals surface area contributed by atoms with Crippen molar-refractivity contribution >= 4 is 16.7 Å². The highest BCUT2D eigenvalue weighted by molar-refractivity contribution is 7.84. The number of anilines is 1. The van der Waals surface area contributed by atoms with Crippen molar-refractivity contribution in [2.24, 2.45) is 0 Å². The van der Waals surface area contributed by atoms with Gasteiger partial charge in [-0.1, -0.05) is 0 Å². The van der Waals surface area contributed by atoms with E-state index in [1.165, 1.54) is 0 Å². The summed E-state index contributed by atoms with van der Waals surface area (Å²) < 4.78 is 16.4. The van der Waals surface area contributed by atoms with Gasteiger partial charge in [0.05, 0.1) is 6.61 Å². The van der Waals surface area contributed by atoms with Crippen molar-refractivity contribution in [3.8, 4) is 5.88 Å². The number of hydrogen-bond acceptors (Lipinski definition) is 5. The molecule has 0 aliphatic rings. The first-order valence-corrected chi connectivity index (χ1v) is 6.77. The Morgan fingerprint density at radius 2 is 2.38 bits per heavy atom. The van der Waals surface area contributed by atoms with Crippen LogP contribution in [0.25, 0.3) is 0 Å². The van der Waals surface area contributed by atoms with Crippen LogP contribution >= 0.6 is 0 Å². The van der Waals surface area contributed by atoms with E-state index >= 15 is 0 Å². The van der Waals surface area contributed by atoms with E-state index in [-0.39, 0.29) is 5.25 Å². The summed E-state index contributed by atoms with van der Waals surface area (Å²) in [5, 5.41) is 3.10. The maximum Gasteiger partial charge on any atom is 0.225 e. The van der Waals surface area contributed by atoms with Crippen LogP contribution in [0.3, 0.4) is 0 Å². The summed E-state index contributed by atoms with van der Waals surface area (Å²) in [6, 6.07) is 1.70. The van der Waals surface area contributed by atoms with Crippen molar-refractivity contribution < 1.29 is 8.95 Å². The van der Waals surface area contributed by atoms with Crippen molar-refractivity contribution in [2.75, 3.05) is 24.7 Å². The summed E-state index contributed by atoms with van der Waals surface area (Å²) in [6.45, 7) is 4.97. The monoisotopic (exact) mass is 243 g/mol. The normalized spacial score (nSPS) is 14.2. The molecule has 2 atom stereocenters. The zero-order valence-electron chi connectivity index (χ0n) is 9.77. The van der Waals surface area contributed by atoms with E-state index in [0.29, 0.717) is 25.0 Å². The summed E-state index contributed by atoms with van der Waals surface area (Å²) in [5.74, 6) is 1.05. The predicted molar refractivity (Wildman–Crippen MR) is 65.2 cm³/mol. The minimum absolute atomic E-state index is 0.0688. The summed E-state index contributed by atoms with van der Waals surface area (Å²) in [5.41, 5.74) is 0. The Kier molecular flexibility index (Phi) is 5.18. The largest absolute Gasteiger partial charge is 0.478 e. The van der Waals surface area contributed by atoms with Gasteiger partial charge in [0.15, 0.2) is 0 Å². The molecule has 0 radical (unpaired) electrons. The van der Waals surface area contributed by atoms with Gasteiger partial charge >= 0.3 is 0 Å². The molecule has 0 saturated carbocycles. The fourth-order valence-electron chi connectivity index (χ4n) is 1.01. The standard InChI is InChI=1S/C10H17N3O2S/c1-4-15-9-5-6-11-10(13-9)12-7-8(2)16(3)14/h5-6,8H,4,7H2,1-3H3,(H,11,12,13). The lowest BCUT2D eigenvalue weighted by Gasteiger charge is -2.10. The zero-order valence-corrected chi connectivity index (χ0v) is 10.6. The summed E-state index contributed by atoms with van der Waals surface area (Å²) in [6.07, 6.45) is 3.32. The van der Waals surface area contributed by atoms with Gasteiger partial charge < -0.3 is 10.1 Å². The first kappa shape index (κ1) is 12.9. The number of nitrogens with zero attached hydrogens (tertiary/aromatic N) is 2. The molecule has 1 aromatic heterocycles. The predicted octanol–water partition coefficient (Wildman–Crippen LogP) is 1.05. The third kappa shape index (κ3) is 4.14. The van der Waals surface area contributed by atoms with Crippen LogP contribution in [-0.2, 0) is 10.8 Å². The van der Waals surface area contributed by atoms with E-state index < -0.39 is 10.8 Å². The number of aromatic nitrogens is 2. The SMILES string of the molecule is CCOc1ccnc(NCC(C)S(C)=O)n1. The second-order valence-corrected chi connectivity index (χ2v) is 5.14. The summed E-state index contributed by atoms with van der Waals surface area (Å²) in [4.78, 5) is 8.20. The second kappa shape index (κ2) is 6.42. The lowest BCUT2D eigenvalue weighted by Crippen LogP contribution is -2.21. The maximum absolute atomic E-state index is 11.1. The maximum atomic E-state index is 11.1. The van der Waals surface area contributed by atoms with Crippen LogP contribution in [-0.4, -0.2) is 38.8 Å². The molecule has 1 aromatic rings. The molecule has 1 N–H and O–H groups in total. The van der Waals surface area contributed by atoms with Gasteiger partial charge in [-0.3, -0.25) is 4.21 Å². The molecular formula is C10H17N3O2S. The molecule has 0 saturated heterocycles. The third-order valence-corrected chi connectivity index (χ3v) is 3.34. The van der Waals surface area contributed by atoms with Crippen LogP contribution in [0.4, 0.5) is 5.95 Å². The lowest BCUT2D eigenvalue weighted by atomic mass is 10.5. The molecule has 0 spiro atoms. The molecule has 0 aliphatic carbocycles. The highest BCUT2D eigenvalue weighted by atomic mass is 32.2. The van der Waals surface area contributed by atoms with Crippen LogP contribution in [0.15, 0.2) is 12.3 Å². The van der Waals surface area contributed by atoms with Crippen LogP contribution in [0.2, 0.25) is 0 Å². The van der Waals surface area contributed by atoms with Crippen molar-refractivity contribution in [2.45, 2.75) is 19.1 Å². The van der Waals surface area contributed by atoms with Gasteiger partial charge in [0, 0.05) is 41.1 Å². The fourth-order valence-corrected chi connectivity index (χ4v) is 1.33. The Bertz CT molecular complexity index is 360. The number of rotatable bonds is 6. The summed E-state index contributed by atoms with van der Waals surface area (Å²) >= 11 is 0. The first-order chi connectivity index (χ1) is 7.63. The van der Waals surface area contributed by atoms with Crippen molar-refractivity contribution in [1.29, 1.82) is 0 Å².